The Kier molecular flexibility index (Phi) is 7.60. The Morgan fingerprint density at radius 1 is 1.26 bits per heavy atom. The van der Waals surface area contributed by atoms with Gasteiger partial charge >= 0.3 is 6.09 Å². The molecule has 2 aromatic rings. The second-order valence-electron chi connectivity index (χ2n) is 9.89. The number of fused-ring (bicyclic) bond motifs is 3. The molecule has 0 bridgehead atoms. The van der Waals surface area contributed by atoms with Crippen molar-refractivity contribution in [2.45, 2.75) is 66.2 Å². The van der Waals surface area contributed by atoms with Crippen LogP contribution in [0.15, 0.2) is 24.4 Å². The molecule has 1 aromatic carbocycles. The number of rotatable bonds is 7. The number of carboxylic acid groups (broad SMARTS) is 1. The molecule has 0 spiro atoms. The number of hydrogen-bond acceptors (Lipinski definition) is 5. The predicted octanol–water partition coefficient (Wildman–Crippen LogP) is 5.82. The van der Waals surface area contributed by atoms with Crippen LogP contribution in [0, 0.1) is 5.92 Å². The number of halogens is 1. The molecule has 3 rings (SSSR count). The van der Waals surface area contributed by atoms with E-state index in [9.17, 15) is 14.7 Å². The summed E-state index contributed by atoms with van der Waals surface area (Å²) in [7, 11) is 0. The quantitative estimate of drug-likeness (QED) is 0.507. The molecule has 0 fully saturated rings. The van der Waals surface area contributed by atoms with Crippen LogP contribution in [0.5, 0.6) is 11.5 Å². The van der Waals surface area contributed by atoms with Crippen molar-refractivity contribution >= 4 is 29.4 Å². The van der Waals surface area contributed by atoms with Gasteiger partial charge in [-0.05, 0) is 50.8 Å². The second kappa shape index (κ2) is 10.1. The minimum absolute atomic E-state index is 0.160. The molecule has 9 heteroatoms. The van der Waals surface area contributed by atoms with E-state index in [1.807, 2.05) is 20.8 Å². The number of ether oxygens (including phenoxy) is 2. The molecule has 8 nitrogen and oxygen atoms in total. The van der Waals surface area contributed by atoms with Gasteiger partial charge in [-0.1, -0.05) is 25.4 Å². The lowest BCUT2D eigenvalue weighted by atomic mass is 9.97. The van der Waals surface area contributed by atoms with Crippen molar-refractivity contribution in [1.82, 2.24) is 9.88 Å². The summed E-state index contributed by atoms with van der Waals surface area (Å²) in [4.78, 5) is 29.2. The highest BCUT2D eigenvalue weighted by Crippen LogP contribution is 2.43. The Labute approximate surface area is 205 Å². The van der Waals surface area contributed by atoms with E-state index < -0.39 is 11.6 Å². The molecule has 0 aliphatic carbocycles. The Balaban J connectivity index is 1.88. The van der Waals surface area contributed by atoms with Crippen molar-refractivity contribution in [3.63, 3.8) is 0 Å². The van der Waals surface area contributed by atoms with Crippen LogP contribution in [-0.2, 0) is 11.4 Å². The minimum Gasteiger partial charge on any atom is -0.490 e. The molecule has 2 N–H and O–H groups in total. The van der Waals surface area contributed by atoms with Crippen LogP contribution in [0.2, 0.25) is 5.02 Å². The molecule has 2 amide bonds. The smallest absolute Gasteiger partial charge is 0.408 e. The van der Waals surface area contributed by atoms with Crippen LogP contribution >= 0.6 is 11.6 Å². The van der Waals surface area contributed by atoms with E-state index in [2.05, 4.69) is 24.1 Å². The molecule has 1 aromatic heterocycles. The van der Waals surface area contributed by atoms with Crippen LogP contribution in [0.25, 0.3) is 11.1 Å². The molecule has 1 aliphatic rings. The number of nitrogens with one attached hydrogen (secondary N) is 1. The van der Waals surface area contributed by atoms with Gasteiger partial charge in [0, 0.05) is 35.9 Å². The van der Waals surface area contributed by atoms with Crippen molar-refractivity contribution in [3.05, 3.63) is 35.0 Å². The monoisotopic (exact) mass is 489 g/mol. The van der Waals surface area contributed by atoms with E-state index in [4.69, 9.17) is 21.1 Å². The zero-order valence-electron chi connectivity index (χ0n) is 20.4. The summed E-state index contributed by atoms with van der Waals surface area (Å²) in [6.07, 6.45) is 1.34. The molecule has 0 saturated heterocycles. The molecular formula is C25H32ClN3O5. The standard InChI is InChI=1S/C25H32ClN3O5/c1-14(2)7-17(29(24(31)32)25(4,5)6)13-34-22-10-21-19(8-20(22)26)18-9-23(28-15(3)30)27-11-16(18)12-33-21/h8-11,14,17H,7,12-13H2,1-6H3,(H,31,32)(H,27,28,30)/t17-/m0/s1. The first-order chi connectivity index (χ1) is 15.9. The SMILES string of the molecule is CC(=O)Nc1cc2c(cn1)COc1cc(OC[C@H](CC(C)C)N(C(=O)O)C(C)(C)C)c(Cl)cc1-2. The molecule has 1 aliphatic heterocycles. The largest absolute Gasteiger partial charge is 0.490 e. The van der Waals surface area contributed by atoms with Crippen molar-refractivity contribution in [3.8, 4) is 22.6 Å². The van der Waals surface area contributed by atoms with Crippen LogP contribution in [0.4, 0.5) is 10.6 Å². The van der Waals surface area contributed by atoms with Gasteiger partial charge in [0.05, 0.1) is 11.1 Å². The van der Waals surface area contributed by atoms with Gasteiger partial charge < -0.3 is 19.9 Å². The van der Waals surface area contributed by atoms with E-state index >= 15 is 0 Å². The van der Waals surface area contributed by atoms with Crippen molar-refractivity contribution < 1.29 is 24.2 Å². The van der Waals surface area contributed by atoms with E-state index in [1.54, 1.807) is 24.4 Å². The highest BCUT2D eigenvalue weighted by atomic mass is 35.5. The first-order valence-electron chi connectivity index (χ1n) is 11.2. The summed E-state index contributed by atoms with van der Waals surface area (Å²) in [6, 6.07) is 4.94. The number of carbonyl (C=O) groups is 2. The maximum atomic E-state index is 12.0. The lowest BCUT2D eigenvalue weighted by molar-refractivity contribution is -0.114. The average Bonchev–Trinajstić information content (AvgIpc) is 2.70. The lowest BCUT2D eigenvalue weighted by Gasteiger charge is -2.40. The Hall–Kier alpha value is -3.00. The molecule has 34 heavy (non-hydrogen) atoms. The second-order valence-corrected chi connectivity index (χ2v) is 10.3. The fraction of sp³-hybridized carbons (Fsp3) is 0.480. The number of aromatic nitrogens is 1. The third kappa shape index (κ3) is 5.91. The van der Waals surface area contributed by atoms with Crippen LogP contribution in [0.3, 0.4) is 0 Å². The molecule has 2 heterocycles. The van der Waals surface area contributed by atoms with E-state index in [1.165, 1.54) is 11.8 Å². The Morgan fingerprint density at radius 2 is 1.97 bits per heavy atom. The van der Waals surface area contributed by atoms with Crippen LogP contribution in [-0.4, -0.2) is 45.2 Å². The van der Waals surface area contributed by atoms with E-state index in [-0.39, 0.29) is 24.5 Å². The summed E-state index contributed by atoms with van der Waals surface area (Å²) < 4.78 is 12.0. The number of amides is 2. The van der Waals surface area contributed by atoms with Gasteiger partial charge in [-0.15, -0.1) is 0 Å². The van der Waals surface area contributed by atoms with Crippen molar-refractivity contribution in [1.29, 1.82) is 0 Å². The van der Waals surface area contributed by atoms with Gasteiger partial charge in [-0.25, -0.2) is 9.78 Å². The zero-order chi connectivity index (χ0) is 25.2. The van der Waals surface area contributed by atoms with Crippen LogP contribution in [0.1, 0.15) is 53.5 Å². The highest BCUT2D eigenvalue weighted by Gasteiger charge is 2.34. The maximum absolute atomic E-state index is 12.0. The molecular weight excluding hydrogens is 458 g/mol. The molecule has 184 valence electrons. The summed E-state index contributed by atoms with van der Waals surface area (Å²) >= 11 is 6.58. The minimum atomic E-state index is -0.984. The van der Waals surface area contributed by atoms with Crippen LogP contribution < -0.4 is 14.8 Å². The third-order valence-corrected chi connectivity index (χ3v) is 5.76. The number of benzene rings is 1. The van der Waals surface area contributed by atoms with E-state index in [0.29, 0.717) is 35.4 Å². The normalized spacial score (nSPS) is 13.4. The number of pyridine rings is 1. The number of nitrogens with zero attached hydrogens (tertiary/aromatic N) is 2. The highest BCUT2D eigenvalue weighted by molar-refractivity contribution is 6.32. The topological polar surface area (TPSA) is 101 Å². The van der Waals surface area contributed by atoms with Gasteiger partial charge in [0.25, 0.3) is 0 Å². The molecule has 0 saturated carbocycles. The zero-order valence-corrected chi connectivity index (χ0v) is 21.2. The predicted molar refractivity (Wildman–Crippen MR) is 132 cm³/mol. The fourth-order valence-corrected chi connectivity index (χ4v) is 4.42. The van der Waals surface area contributed by atoms with Crippen molar-refractivity contribution in [2.75, 3.05) is 11.9 Å². The van der Waals surface area contributed by atoms with E-state index in [0.717, 1.165) is 16.7 Å². The average molecular weight is 490 g/mol. The first-order valence-corrected chi connectivity index (χ1v) is 11.6. The summed E-state index contributed by atoms with van der Waals surface area (Å²) in [6.45, 7) is 11.6. The van der Waals surface area contributed by atoms with Crippen molar-refractivity contribution in [2.24, 2.45) is 5.92 Å². The van der Waals surface area contributed by atoms with Gasteiger partial charge in [0.1, 0.15) is 30.5 Å². The Morgan fingerprint density at radius 3 is 2.56 bits per heavy atom. The molecule has 0 unspecified atom stereocenters. The molecule has 1 atom stereocenters. The first kappa shape index (κ1) is 25.6. The lowest BCUT2D eigenvalue weighted by Crippen LogP contribution is -2.53. The summed E-state index contributed by atoms with van der Waals surface area (Å²) in [5, 5.41) is 12.9. The van der Waals surface area contributed by atoms with Gasteiger partial charge in [0.2, 0.25) is 5.91 Å². The van der Waals surface area contributed by atoms with Gasteiger partial charge in [-0.2, -0.15) is 0 Å². The fourth-order valence-electron chi connectivity index (χ4n) is 4.20. The summed E-state index contributed by atoms with van der Waals surface area (Å²) in [5.74, 6) is 1.54. The Bertz CT molecular complexity index is 1080. The molecule has 0 radical (unpaired) electrons. The third-order valence-electron chi connectivity index (χ3n) is 5.47. The summed E-state index contributed by atoms with van der Waals surface area (Å²) in [5.41, 5.74) is 1.94. The number of carbonyl (C=O) groups excluding carboxylic acids is 1. The number of hydrogen-bond donors (Lipinski definition) is 2. The van der Waals surface area contributed by atoms with Gasteiger partial charge in [0.15, 0.2) is 0 Å². The number of anilines is 1. The maximum Gasteiger partial charge on any atom is 0.408 e. The van der Waals surface area contributed by atoms with Gasteiger partial charge in [-0.3, -0.25) is 9.69 Å².